The summed E-state index contributed by atoms with van der Waals surface area (Å²) in [7, 11) is 0. The molecule has 3 rings (SSSR count). The number of rotatable bonds is 5. The fraction of sp³-hybridized carbons (Fsp3) is 0.400. The van der Waals surface area contributed by atoms with Crippen LogP contribution in [-0.2, 0) is 0 Å². The fourth-order valence-electron chi connectivity index (χ4n) is 3.41. The summed E-state index contributed by atoms with van der Waals surface area (Å²) in [4.78, 5) is 2.59. The Morgan fingerprint density at radius 2 is 1.50 bits per heavy atom. The SMILES string of the molecule is CC(NC1CCN(C(C)c2ccccc2)C1)c1ccccc1. The van der Waals surface area contributed by atoms with Crippen LogP contribution in [0.25, 0.3) is 0 Å². The number of likely N-dealkylation sites (tertiary alicyclic amines) is 1. The largest absolute Gasteiger partial charge is 0.306 e. The molecular weight excluding hydrogens is 268 g/mol. The fourth-order valence-corrected chi connectivity index (χ4v) is 3.41. The van der Waals surface area contributed by atoms with E-state index >= 15 is 0 Å². The Morgan fingerprint density at radius 3 is 2.14 bits per heavy atom. The molecular formula is C20H26N2. The first kappa shape index (κ1) is 15.3. The lowest BCUT2D eigenvalue weighted by Crippen LogP contribution is -2.35. The molecule has 0 amide bonds. The summed E-state index contributed by atoms with van der Waals surface area (Å²) in [6.07, 6.45) is 1.23. The average molecular weight is 294 g/mol. The van der Waals surface area contributed by atoms with Crippen LogP contribution in [-0.4, -0.2) is 24.0 Å². The molecule has 1 saturated heterocycles. The van der Waals surface area contributed by atoms with Crippen molar-refractivity contribution < 1.29 is 0 Å². The lowest BCUT2D eigenvalue weighted by atomic mass is 10.1. The predicted molar refractivity (Wildman–Crippen MR) is 92.8 cm³/mol. The third kappa shape index (κ3) is 3.57. The second-order valence-corrected chi connectivity index (χ2v) is 6.37. The topological polar surface area (TPSA) is 15.3 Å². The first-order valence-corrected chi connectivity index (χ1v) is 8.34. The molecule has 1 heterocycles. The zero-order chi connectivity index (χ0) is 15.4. The van der Waals surface area contributed by atoms with Gasteiger partial charge in [0.15, 0.2) is 0 Å². The Balaban J connectivity index is 1.56. The molecule has 1 fully saturated rings. The monoisotopic (exact) mass is 294 g/mol. The number of hydrogen-bond acceptors (Lipinski definition) is 2. The molecule has 2 aromatic carbocycles. The summed E-state index contributed by atoms with van der Waals surface area (Å²) in [6, 6.07) is 23.0. The molecule has 0 aromatic heterocycles. The van der Waals surface area contributed by atoms with Crippen molar-refractivity contribution in [1.29, 1.82) is 0 Å². The van der Waals surface area contributed by atoms with Gasteiger partial charge in [0.1, 0.15) is 0 Å². The Bertz CT molecular complexity index is 567. The van der Waals surface area contributed by atoms with E-state index in [4.69, 9.17) is 0 Å². The normalized spacial score (nSPS) is 21.6. The molecule has 2 heteroatoms. The zero-order valence-corrected chi connectivity index (χ0v) is 13.6. The van der Waals surface area contributed by atoms with E-state index < -0.39 is 0 Å². The Morgan fingerprint density at radius 1 is 0.909 bits per heavy atom. The molecule has 22 heavy (non-hydrogen) atoms. The Kier molecular flexibility index (Phi) is 4.91. The maximum Gasteiger partial charge on any atom is 0.0320 e. The highest BCUT2D eigenvalue weighted by atomic mass is 15.2. The van der Waals surface area contributed by atoms with Gasteiger partial charge in [0.2, 0.25) is 0 Å². The minimum atomic E-state index is 0.415. The van der Waals surface area contributed by atoms with Gasteiger partial charge >= 0.3 is 0 Å². The van der Waals surface area contributed by atoms with Crippen LogP contribution >= 0.6 is 0 Å². The number of benzene rings is 2. The van der Waals surface area contributed by atoms with Crippen molar-refractivity contribution in [2.75, 3.05) is 13.1 Å². The third-order valence-corrected chi connectivity index (χ3v) is 4.83. The van der Waals surface area contributed by atoms with Crippen LogP contribution in [0.3, 0.4) is 0 Å². The van der Waals surface area contributed by atoms with Crippen LogP contribution in [0.5, 0.6) is 0 Å². The van der Waals surface area contributed by atoms with Crippen molar-refractivity contribution in [1.82, 2.24) is 10.2 Å². The molecule has 0 spiro atoms. The highest BCUT2D eigenvalue weighted by Gasteiger charge is 2.27. The van der Waals surface area contributed by atoms with E-state index in [1.807, 2.05) is 0 Å². The predicted octanol–water partition coefficient (Wildman–Crippen LogP) is 4.17. The summed E-state index contributed by atoms with van der Waals surface area (Å²) in [5, 5.41) is 3.79. The molecule has 1 aliphatic rings. The summed E-state index contributed by atoms with van der Waals surface area (Å²) >= 11 is 0. The van der Waals surface area contributed by atoms with Crippen LogP contribution in [0, 0.1) is 0 Å². The lowest BCUT2D eigenvalue weighted by Gasteiger charge is -2.25. The third-order valence-electron chi connectivity index (χ3n) is 4.83. The van der Waals surface area contributed by atoms with Gasteiger partial charge in [0.25, 0.3) is 0 Å². The van der Waals surface area contributed by atoms with E-state index in [9.17, 15) is 0 Å². The first-order chi connectivity index (χ1) is 10.7. The first-order valence-electron chi connectivity index (χ1n) is 8.34. The van der Waals surface area contributed by atoms with Gasteiger partial charge in [-0.05, 0) is 31.4 Å². The smallest absolute Gasteiger partial charge is 0.0320 e. The molecule has 0 aliphatic carbocycles. The van der Waals surface area contributed by atoms with Gasteiger partial charge in [0.05, 0.1) is 0 Å². The van der Waals surface area contributed by atoms with Crippen LogP contribution in [0.1, 0.15) is 43.5 Å². The number of nitrogens with one attached hydrogen (secondary N) is 1. The summed E-state index contributed by atoms with van der Waals surface area (Å²) in [5.74, 6) is 0. The maximum atomic E-state index is 3.79. The second kappa shape index (κ2) is 7.08. The molecule has 0 bridgehead atoms. The molecule has 1 aliphatic heterocycles. The van der Waals surface area contributed by atoms with Crippen molar-refractivity contribution in [3.63, 3.8) is 0 Å². The van der Waals surface area contributed by atoms with E-state index in [2.05, 4.69) is 84.7 Å². The van der Waals surface area contributed by atoms with Crippen LogP contribution in [0.2, 0.25) is 0 Å². The van der Waals surface area contributed by atoms with Gasteiger partial charge in [-0.25, -0.2) is 0 Å². The minimum absolute atomic E-state index is 0.415. The molecule has 3 unspecified atom stereocenters. The van der Waals surface area contributed by atoms with Crippen molar-refractivity contribution in [3.05, 3.63) is 71.8 Å². The molecule has 1 N–H and O–H groups in total. The van der Waals surface area contributed by atoms with Gasteiger partial charge in [-0.1, -0.05) is 60.7 Å². The van der Waals surface area contributed by atoms with E-state index in [1.165, 1.54) is 24.1 Å². The quantitative estimate of drug-likeness (QED) is 0.890. The van der Waals surface area contributed by atoms with E-state index in [0.29, 0.717) is 18.1 Å². The van der Waals surface area contributed by atoms with E-state index in [-0.39, 0.29) is 0 Å². The van der Waals surface area contributed by atoms with Crippen molar-refractivity contribution in [2.24, 2.45) is 0 Å². The Hall–Kier alpha value is -1.64. The molecule has 0 saturated carbocycles. The van der Waals surface area contributed by atoms with E-state index in [0.717, 1.165) is 6.54 Å². The summed E-state index contributed by atoms with van der Waals surface area (Å²) in [5.41, 5.74) is 2.79. The molecule has 2 nitrogen and oxygen atoms in total. The van der Waals surface area contributed by atoms with Crippen molar-refractivity contribution in [2.45, 2.75) is 38.4 Å². The summed E-state index contributed by atoms with van der Waals surface area (Å²) < 4.78 is 0. The van der Waals surface area contributed by atoms with Gasteiger partial charge in [-0.15, -0.1) is 0 Å². The van der Waals surface area contributed by atoms with Crippen molar-refractivity contribution in [3.8, 4) is 0 Å². The highest BCUT2D eigenvalue weighted by Crippen LogP contribution is 2.25. The van der Waals surface area contributed by atoms with E-state index in [1.54, 1.807) is 0 Å². The van der Waals surface area contributed by atoms with Crippen LogP contribution in [0.4, 0.5) is 0 Å². The minimum Gasteiger partial charge on any atom is -0.306 e. The van der Waals surface area contributed by atoms with Crippen molar-refractivity contribution >= 4 is 0 Å². The van der Waals surface area contributed by atoms with Gasteiger partial charge in [0, 0.05) is 31.2 Å². The number of hydrogen-bond donors (Lipinski definition) is 1. The molecule has 116 valence electrons. The lowest BCUT2D eigenvalue weighted by molar-refractivity contribution is 0.254. The van der Waals surface area contributed by atoms with Crippen LogP contribution in [0.15, 0.2) is 60.7 Å². The molecule has 3 atom stereocenters. The maximum absolute atomic E-state index is 3.79. The summed E-state index contributed by atoms with van der Waals surface area (Å²) in [6.45, 7) is 6.89. The van der Waals surface area contributed by atoms with Gasteiger partial charge in [-0.3, -0.25) is 4.90 Å². The van der Waals surface area contributed by atoms with Gasteiger partial charge in [-0.2, -0.15) is 0 Å². The Labute approximate surface area is 134 Å². The van der Waals surface area contributed by atoms with Gasteiger partial charge < -0.3 is 5.32 Å². The van der Waals surface area contributed by atoms with Crippen LogP contribution < -0.4 is 5.32 Å². The zero-order valence-electron chi connectivity index (χ0n) is 13.6. The highest BCUT2D eigenvalue weighted by molar-refractivity contribution is 5.20. The molecule has 0 radical (unpaired) electrons. The second-order valence-electron chi connectivity index (χ2n) is 6.37. The standard InChI is InChI=1S/C20H26N2/c1-16(18-9-5-3-6-10-18)21-20-13-14-22(15-20)17(2)19-11-7-4-8-12-19/h3-12,16-17,20-21H,13-15H2,1-2H3. The number of nitrogens with zero attached hydrogens (tertiary/aromatic N) is 1. The molecule has 2 aromatic rings. The average Bonchev–Trinajstić information content (AvgIpc) is 3.04.